The number of nitrogens with zero attached hydrogens (tertiary/aromatic N) is 1. The number of hydrogen-bond donors (Lipinski definition) is 3. The number of carbonyl (C=O) groups is 2. The number of hydrogen-bond acceptors (Lipinski definition) is 4. The summed E-state index contributed by atoms with van der Waals surface area (Å²) in [5.74, 6) is 0.395. The molecule has 19 heavy (non-hydrogen) atoms. The second-order valence-corrected chi connectivity index (χ2v) is 5.03. The van der Waals surface area contributed by atoms with E-state index in [0.717, 1.165) is 39.0 Å². The predicted octanol–water partition coefficient (Wildman–Crippen LogP) is 0.152. The largest absolute Gasteiger partial charge is 0.341 e. The third-order valence-electron chi connectivity index (χ3n) is 3.75. The Morgan fingerprint density at radius 3 is 2.53 bits per heavy atom. The summed E-state index contributed by atoms with van der Waals surface area (Å²) >= 11 is 0. The van der Waals surface area contributed by atoms with Crippen LogP contribution in [0.5, 0.6) is 0 Å². The van der Waals surface area contributed by atoms with Crippen LogP contribution in [0.4, 0.5) is 4.79 Å². The summed E-state index contributed by atoms with van der Waals surface area (Å²) in [5, 5.41) is 8.07. The molecule has 0 bridgehead atoms. The quantitative estimate of drug-likeness (QED) is 0.665. The Labute approximate surface area is 115 Å². The van der Waals surface area contributed by atoms with Gasteiger partial charge in [0.1, 0.15) is 0 Å². The van der Waals surface area contributed by atoms with Crippen LogP contribution in [0, 0.1) is 5.92 Å². The van der Waals surface area contributed by atoms with Gasteiger partial charge in [-0.05, 0) is 45.3 Å². The molecule has 110 valence electrons. The van der Waals surface area contributed by atoms with E-state index in [-0.39, 0.29) is 11.9 Å². The lowest BCUT2D eigenvalue weighted by Crippen LogP contribution is -2.50. The normalized spacial score (nSPS) is 18.1. The number of likely N-dealkylation sites (N-methyl/N-ethyl adjacent to an activating group) is 1. The van der Waals surface area contributed by atoms with Gasteiger partial charge in [0.15, 0.2) is 0 Å². The Hall–Kier alpha value is -1.14. The van der Waals surface area contributed by atoms with Crippen molar-refractivity contribution in [1.29, 1.82) is 0 Å². The van der Waals surface area contributed by atoms with Crippen molar-refractivity contribution in [2.45, 2.75) is 32.7 Å². The van der Waals surface area contributed by atoms with E-state index in [0.29, 0.717) is 5.92 Å². The third kappa shape index (κ3) is 5.16. The lowest BCUT2D eigenvalue weighted by Gasteiger charge is -2.32. The van der Waals surface area contributed by atoms with Crippen molar-refractivity contribution in [3.8, 4) is 0 Å². The lowest BCUT2D eigenvalue weighted by molar-refractivity contribution is -0.125. The number of urea groups is 1. The second-order valence-electron chi connectivity index (χ2n) is 5.03. The van der Waals surface area contributed by atoms with E-state index >= 15 is 0 Å². The van der Waals surface area contributed by atoms with Crippen LogP contribution in [0.15, 0.2) is 0 Å². The van der Waals surface area contributed by atoms with Gasteiger partial charge in [-0.15, -0.1) is 0 Å². The van der Waals surface area contributed by atoms with Gasteiger partial charge in [-0.2, -0.15) is 0 Å². The molecular formula is C13H26N4O2. The van der Waals surface area contributed by atoms with Gasteiger partial charge in [-0.3, -0.25) is 15.0 Å². The Morgan fingerprint density at radius 2 is 2.00 bits per heavy atom. The van der Waals surface area contributed by atoms with Crippen molar-refractivity contribution in [2.75, 3.05) is 33.2 Å². The highest BCUT2D eigenvalue weighted by atomic mass is 16.2. The average molecular weight is 270 g/mol. The monoisotopic (exact) mass is 270 g/mol. The molecule has 0 spiro atoms. The van der Waals surface area contributed by atoms with E-state index in [1.54, 1.807) is 0 Å². The molecule has 1 rings (SSSR count). The average Bonchev–Trinajstić information content (AvgIpc) is 2.44. The first-order valence-corrected chi connectivity index (χ1v) is 7.05. The Kier molecular flexibility index (Phi) is 6.80. The number of carbonyl (C=O) groups excluding carboxylic acids is 2. The highest BCUT2D eigenvalue weighted by Gasteiger charge is 2.24. The standard InChI is InChI=1S/C13H26N4O2/c1-4-17(9-11-5-7-15-8-6-11)10(2)12(18)16-13(19)14-3/h10-11,15H,4-9H2,1-3H3,(H2,14,16,18,19). The minimum atomic E-state index is -0.449. The first-order chi connectivity index (χ1) is 9.08. The zero-order valence-corrected chi connectivity index (χ0v) is 12.2. The van der Waals surface area contributed by atoms with Crippen LogP contribution in [0.3, 0.4) is 0 Å². The Morgan fingerprint density at radius 1 is 1.37 bits per heavy atom. The first kappa shape index (κ1) is 15.9. The molecule has 6 nitrogen and oxygen atoms in total. The third-order valence-corrected chi connectivity index (χ3v) is 3.75. The number of amides is 3. The first-order valence-electron chi connectivity index (χ1n) is 7.05. The van der Waals surface area contributed by atoms with Gasteiger partial charge in [0.25, 0.3) is 0 Å². The molecule has 1 aliphatic rings. The highest BCUT2D eigenvalue weighted by molar-refractivity contribution is 5.96. The summed E-state index contributed by atoms with van der Waals surface area (Å²) in [4.78, 5) is 25.2. The number of piperidine rings is 1. The van der Waals surface area contributed by atoms with E-state index in [2.05, 4.69) is 20.9 Å². The molecule has 0 radical (unpaired) electrons. The van der Waals surface area contributed by atoms with Crippen LogP contribution in [0.25, 0.3) is 0 Å². The number of rotatable bonds is 5. The molecule has 0 aromatic heterocycles. The van der Waals surface area contributed by atoms with E-state index < -0.39 is 6.03 Å². The zero-order chi connectivity index (χ0) is 14.3. The van der Waals surface area contributed by atoms with Gasteiger partial charge in [-0.25, -0.2) is 4.79 Å². The smallest absolute Gasteiger partial charge is 0.321 e. The molecular weight excluding hydrogens is 244 g/mol. The van der Waals surface area contributed by atoms with Crippen LogP contribution in [-0.4, -0.2) is 56.1 Å². The molecule has 1 unspecified atom stereocenters. The van der Waals surface area contributed by atoms with Crippen LogP contribution < -0.4 is 16.0 Å². The summed E-state index contributed by atoms with van der Waals surface area (Å²) < 4.78 is 0. The second kappa shape index (κ2) is 8.12. The maximum Gasteiger partial charge on any atom is 0.321 e. The fraction of sp³-hybridized carbons (Fsp3) is 0.846. The van der Waals surface area contributed by atoms with Crippen molar-refractivity contribution in [1.82, 2.24) is 20.9 Å². The van der Waals surface area contributed by atoms with Gasteiger partial charge in [0.2, 0.25) is 5.91 Å². The maximum atomic E-state index is 11.9. The van der Waals surface area contributed by atoms with Crippen molar-refractivity contribution in [3.05, 3.63) is 0 Å². The van der Waals surface area contributed by atoms with Gasteiger partial charge in [-0.1, -0.05) is 6.92 Å². The molecule has 0 aromatic carbocycles. The predicted molar refractivity (Wildman–Crippen MR) is 74.9 cm³/mol. The number of nitrogens with one attached hydrogen (secondary N) is 3. The minimum absolute atomic E-state index is 0.241. The molecule has 0 aromatic rings. The molecule has 1 atom stereocenters. The van der Waals surface area contributed by atoms with Crippen LogP contribution >= 0.6 is 0 Å². The van der Waals surface area contributed by atoms with Gasteiger partial charge < -0.3 is 10.6 Å². The van der Waals surface area contributed by atoms with Crippen molar-refractivity contribution in [3.63, 3.8) is 0 Å². The molecule has 0 saturated carbocycles. The summed E-state index contributed by atoms with van der Waals surface area (Å²) in [5.41, 5.74) is 0. The Balaban J connectivity index is 2.47. The van der Waals surface area contributed by atoms with Crippen molar-refractivity contribution >= 4 is 11.9 Å². The molecule has 1 heterocycles. The molecule has 1 fully saturated rings. The van der Waals surface area contributed by atoms with E-state index in [1.807, 2.05) is 13.8 Å². The summed E-state index contributed by atoms with van der Waals surface area (Å²) in [6.45, 7) is 7.74. The van der Waals surface area contributed by atoms with Gasteiger partial charge in [0.05, 0.1) is 6.04 Å². The fourth-order valence-electron chi connectivity index (χ4n) is 2.40. The molecule has 3 amide bonds. The van der Waals surface area contributed by atoms with Crippen molar-refractivity contribution in [2.24, 2.45) is 5.92 Å². The molecule has 3 N–H and O–H groups in total. The van der Waals surface area contributed by atoms with Crippen molar-refractivity contribution < 1.29 is 9.59 Å². The number of imide groups is 1. The van der Waals surface area contributed by atoms with Gasteiger partial charge >= 0.3 is 6.03 Å². The Bertz CT molecular complexity index is 303. The molecule has 1 saturated heterocycles. The zero-order valence-electron chi connectivity index (χ0n) is 12.2. The van der Waals surface area contributed by atoms with E-state index in [1.165, 1.54) is 7.05 Å². The summed E-state index contributed by atoms with van der Waals surface area (Å²) in [6.07, 6.45) is 2.31. The highest BCUT2D eigenvalue weighted by Crippen LogP contribution is 2.15. The molecule has 1 aliphatic heterocycles. The van der Waals surface area contributed by atoms with Crippen LogP contribution in [0.2, 0.25) is 0 Å². The maximum absolute atomic E-state index is 11.9. The topological polar surface area (TPSA) is 73.5 Å². The summed E-state index contributed by atoms with van der Waals surface area (Å²) in [7, 11) is 1.50. The van der Waals surface area contributed by atoms with E-state index in [9.17, 15) is 9.59 Å². The molecule has 6 heteroatoms. The SMILES string of the molecule is CCN(CC1CCNCC1)C(C)C(=O)NC(=O)NC. The summed E-state index contributed by atoms with van der Waals surface area (Å²) in [6, 6.07) is -0.730. The van der Waals surface area contributed by atoms with E-state index in [4.69, 9.17) is 0 Å². The van der Waals surface area contributed by atoms with Crippen LogP contribution in [-0.2, 0) is 4.79 Å². The molecule has 0 aliphatic carbocycles. The minimum Gasteiger partial charge on any atom is -0.341 e. The van der Waals surface area contributed by atoms with Gasteiger partial charge in [0, 0.05) is 13.6 Å². The lowest BCUT2D eigenvalue weighted by atomic mass is 9.97. The van der Waals surface area contributed by atoms with Crippen LogP contribution in [0.1, 0.15) is 26.7 Å². The fourth-order valence-corrected chi connectivity index (χ4v) is 2.40.